The molecule has 0 radical (unpaired) electrons. The van der Waals surface area contributed by atoms with Crippen LogP contribution in [0.25, 0.3) is 0 Å². The summed E-state index contributed by atoms with van der Waals surface area (Å²) in [5, 5.41) is 8.02. The van der Waals surface area contributed by atoms with Gasteiger partial charge in [-0.25, -0.2) is 0 Å². The molecule has 1 saturated carbocycles. The fourth-order valence-corrected chi connectivity index (χ4v) is 2.32. The van der Waals surface area contributed by atoms with Gasteiger partial charge in [0.15, 0.2) is 0 Å². The molecule has 0 aliphatic heterocycles. The maximum absolute atomic E-state index is 8.02. The molecule has 1 fully saturated rings. The van der Waals surface area contributed by atoms with E-state index in [1.165, 1.54) is 0 Å². The Morgan fingerprint density at radius 2 is 1.62 bits per heavy atom. The van der Waals surface area contributed by atoms with Crippen LogP contribution in [0.3, 0.4) is 0 Å². The second kappa shape index (κ2) is 5.17. The minimum absolute atomic E-state index is 0.326. The minimum atomic E-state index is -0.444. The molecule has 1 aliphatic carbocycles. The van der Waals surface area contributed by atoms with Gasteiger partial charge < -0.3 is 9.47 Å². The van der Waals surface area contributed by atoms with Gasteiger partial charge in [-0.05, 0) is 44.9 Å². The van der Waals surface area contributed by atoms with Crippen molar-refractivity contribution in [2.24, 2.45) is 5.41 Å². The molecule has 0 amide bonds. The summed E-state index contributed by atoms with van der Waals surface area (Å²) in [7, 11) is 0. The molecule has 0 bridgehead atoms. The zero-order valence-corrected chi connectivity index (χ0v) is 11.1. The highest BCUT2D eigenvalue weighted by Crippen LogP contribution is 2.42. The minimum Gasteiger partial charge on any atom is -0.479 e. The van der Waals surface area contributed by atoms with Crippen molar-refractivity contribution in [3.05, 3.63) is 0 Å². The maximum atomic E-state index is 8.02. The lowest BCUT2D eigenvalue weighted by atomic mass is 9.70. The quantitative estimate of drug-likeness (QED) is 0.591. The summed E-state index contributed by atoms with van der Waals surface area (Å²) in [5.41, 5.74) is -0.0621. The normalized spacial score (nSPS) is 22.8. The molecular weight excluding hydrogens is 202 g/mol. The molecule has 1 rings (SSSR count). The Hall–Kier alpha value is -0.570. The van der Waals surface area contributed by atoms with E-state index >= 15 is 0 Å². The molecule has 94 valence electrons. The summed E-state index contributed by atoms with van der Waals surface area (Å²) in [6, 6.07) is 0. The van der Waals surface area contributed by atoms with Gasteiger partial charge >= 0.3 is 0 Å². The summed E-state index contributed by atoms with van der Waals surface area (Å²) >= 11 is 0. The average Bonchev–Trinajstić information content (AvgIpc) is 2.22. The van der Waals surface area contributed by atoms with Gasteiger partial charge in [0.25, 0.3) is 0 Å². The Balaban J connectivity index is 2.71. The first-order chi connectivity index (χ1) is 7.46. The van der Waals surface area contributed by atoms with E-state index < -0.39 is 5.60 Å². The van der Waals surface area contributed by atoms with Crippen molar-refractivity contribution in [3.63, 3.8) is 0 Å². The van der Waals surface area contributed by atoms with Crippen molar-refractivity contribution in [2.75, 3.05) is 13.2 Å². The molecular formula is C13H25NO2. The Morgan fingerprint density at radius 1 is 1.06 bits per heavy atom. The van der Waals surface area contributed by atoms with E-state index in [1.54, 1.807) is 0 Å². The van der Waals surface area contributed by atoms with Gasteiger partial charge in [0.2, 0.25) is 5.90 Å². The molecule has 0 aromatic carbocycles. The van der Waals surface area contributed by atoms with Crippen LogP contribution in [0.5, 0.6) is 0 Å². The second-order valence-corrected chi connectivity index (χ2v) is 5.35. The van der Waals surface area contributed by atoms with E-state index in [2.05, 4.69) is 13.8 Å². The predicted molar refractivity (Wildman–Crippen MR) is 66.0 cm³/mol. The molecule has 0 atom stereocenters. The topological polar surface area (TPSA) is 42.3 Å². The van der Waals surface area contributed by atoms with Gasteiger partial charge in [0.1, 0.15) is 5.60 Å². The summed E-state index contributed by atoms with van der Waals surface area (Å²) in [5.74, 6) is 0.326. The number of hydrogen-bond acceptors (Lipinski definition) is 3. The molecule has 16 heavy (non-hydrogen) atoms. The van der Waals surface area contributed by atoms with Crippen molar-refractivity contribution >= 4 is 5.90 Å². The Kier molecular flexibility index (Phi) is 4.36. The number of rotatable bonds is 4. The highest BCUT2D eigenvalue weighted by atomic mass is 16.5. The lowest BCUT2D eigenvalue weighted by Gasteiger charge is -2.42. The Bertz CT molecular complexity index is 238. The molecule has 0 aromatic rings. The largest absolute Gasteiger partial charge is 0.479 e. The van der Waals surface area contributed by atoms with Crippen LogP contribution in [-0.2, 0) is 9.47 Å². The molecule has 0 heterocycles. The van der Waals surface area contributed by atoms with Gasteiger partial charge in [0, 0.05) is 6.61 Å². The van der Waals surface area contributed by atoms with E-state index in [0.29, 0.717) is 24.5 Å². The molecule has 0 saturated heterocycles. The van der Waals surface area contributed by atoms with Crippen LogP contribution in [0.1, 0.15) is 53.4 Å². The van der Waals surface area contributed by atoms with Gasteiger partial charge in [0.05, 0.1) is 6.61 Å². The predicted octanol–water partition coefficient (Wildman–Crippen LogP) is 3.38. The van der Waals surface area contributed by atoms with Crippen molar-refractivity contribution in [3.8, 4) is 0 Å². The maximum Gasteiger partial charge on any atom is 0.213 e. The zero-order chi connectivity index (χ0) is 12.2. The second-order valence-electron chi connectivity index (χ2n) is 5.35. The van der Waals surface area contributed by atoms with Crippen molar-refractivity contribution in [1.82, 2.24) is 0 Å². The van der Waals surface area contributed by atoms with Crippen LogP contribution in [0, 0.1) is 10.8 Å². The van der Waals surface area contributed by atoms with E-state index in [9.17, 15) is 0 Å². The van der Waals surface area contributed by atoms with Gasteiger partial charge in [-0.3, -0.25) is 5.41 Å². The Morgan fingerprint density at radius 3 is 2.06 bits per heavy atom. The van der Waals surface area contributed by atoms with Gasteiger partial charge in [-0.2, -0.15) is 0 Å². The van der Waals surface area contributed by atoms with Crippen molar-refractivity contribution in [1.29, 1.82) is 5.41 Å². The van der Waals surface area contributed by atoms with Gasteiger partial charge in [-0.15, -0.1) is 0 Å². The van der Waals surface area contributed by atoms with Crippen molar-refractivity contribution < 1.29 is 9.47 Å². The number of hydrogen-bond donors (Lipinski definition) is 1. The first kappa shape index (κ1) is 13.5. The summed E-state index contributed by atoms with van der Waals surface area (Å²) in [6.07, 6.45) is 4.02. The van der Waals surface area contributed by atoms with Crippen LogP contribution >= 0.6 is 0 Å². The molecule has 3 nitrogen and oxygen atoms in total. The summed E-state index contributed by atoms with van der Waals surface area (Å²) in [4.78, 5) is 0. The van der Waals surface area contributed by atoms with E-state index in [-0.39, 0.29) is 0 Å². The third-order valence-corrected chi connectivity index (χ3v) is 3.53. The summed E-state index contributed by atoms with van der Waals surface area (Å²) in [6.45, 7) is 9.68. The molecule has 1 N–H and O–H groups in total. The molecule has 3 heteroatoms. The van der Waals surface area contributed by atoms with E-state index in [1.807, 2.05) is 13.8 Å². The Labute approximate surface area is 99.0 Å². The van der Waals surface area contributed by atoms with Crippen LogP contribution < -0.4 is 0 Å². The molecule has 1 aliphatic rings. The molecule has 0 spiro atoms. The fraction of sp³-hybridized carbons (Fsp3) is 0.923. The first-order valence-electron chi connectivity index (χ1n) is 6.31. The van der Waals surface area contributed by atoms with Crippen LogP contribution in [0.2, 0.25) is 0 Å². The smallest absolute Gasteiger partial charge is 0.213 e. The van der Waals surface area contributed by atoms with E-state index in [0.717, 1.165) is 25.7 Å². The fourth-order valence-electron chi connectivity index (χ4n) is 2.32. The third-order valence-electron chi connectivity index (χ3n) is 3.53. The van der Waals surface area contributed by atoms with Crippen molar-refractivity contribution in [2.45, 2.75) is 59.0 Å². The number of nitrogens with one attached hydrogen (secondary N) is 1. The monoisotopic (exact) mass is 227 g/mol. The zero-order valence-electron chi connectivity index (χ0n) is 11.1. The average molecular weight is 227 g/mol. The lowest BCUT2D eigenvalue weighted by molar-refractivity contribution is -0.0484. The lowest BCUT2D eigenvalue weighted by Crippen LogP contribution is -2.47. The SMILES string of the molecule is CCOC(=N)C1(OCC)CCC(C)(C)CC1. The third kappa shape index (κ3) is 2.97. The molecule has 0 unspecified atom stereocenters. The standard InChI is InChI=1S/C13H25NO2/c1-5-15-11(14)13(16-6-2)9-7-12(3,4)8-10-13/h14H,5-10H2,1-4H3. The number of ether oxygens (including phenoxy) is 2. The van der Waals surface area contributed by atoms with Crippen LogP contribution in [0.15, 0.2) is 0 Å². The van der Waals surface area contributed by atoms with Crippen LogP contribution in [-0.4, -0.2) is 24.7 Å². The highest BCUT2D eigenvalue weighted by Gasteiger charge is 2.43. The van der Waals surface area contributed by atoms with Gasteiger partial charge in [-0.1, -0.05) is 13.8 Å². The molecule has 0 aromatic heterocycles. The first-order valence-corrected chi connectivity index (χ1v) is 6.31. The van der Waals surface area contributed by atoms with Crippen LogP contribution in [0.4, 0.5) is 0 Å². The summed E-state index contributed by atoms with van der Waals surface area (Å²) < 4.78 is 11.2. The van der Waals surface area contributed by atoms with E-state index in [4.69, 9.17) is 14.9 Å². The highest BCUT2D eigenvalue weighted by molar-refractivity contribution is 5.82.